The first-order valence-corrected chi connectivity index (χ1v) is 6.04. The van der Waals surface area contributed by atoms with Crippen molar-refractivity contribution in [3.8, 4) is 11.5 Å². The number of methoxy groups -OCH3 is 1. The van der Waals surface area contributed by atoms with E-state index in [-0.39, 0.29) is 5.91 Å². The molecule has 1 aromatic carbocycles. The molecule has 5 nitrogen and oxygen atoms in total. The zero-order valence-corrected chi connectivity index (χ0v) is 10.4. The van der Waals surface area contributed by atoms with Crippen LogP contribution >= 0.6 is 0 Å². The van der Waals surface area contributed by atoms with E-state index in [0.717, 1.165) is 12.8 Å². The Morgan fingerprint density at radius 2 is 2.28 bits per heavy atom. The van der Waals surface area contributed by atoms with Gasteiger partial charge in [0.1, 0.15) is 11.5 Å². The summed E-state index contributed by atoms with van der Waals surface area (Å²) in [4.78, 5) is 11.4. The number of hydrogen-bond donors (Lipinski definition) is 2. The van der Waals surface area contributed by atoms with Gasteiger partial charge in [0.25, 0.3) is 0 Å². The summed E-state index contributed by atoms with van der Waals surface area (Å²) in [5.41, 5.74) is 6.28. The van der Waals surface area contributed by atoms with Gasteiger partial charge in [-0.1, -0.05) is 0 Å². The van der Waals surface area contributed by atoms with Crippen molar-refractivity contribution in [3.05, 3.63) is 18.2 Å². The standard InChI is InChI=1S/C13H18N2O3/c1-17-12-5-4-10(8-11(12)14)18-7-6-13(16)15-9-2-3-9/h4-5,8-9H,2-3,6-7,14H2,1H3,(H,15,16). The lowest BCUT2D eigenvalue weighted by molar-refractivity contribution is -0.121. The van der Waals surface area contributed by atoms with Gasteiger partial charge in [-0.05, 0) is 25.0 Å². The van der Waals surface area contributed by atoms with Gasteiger partial charge < -0.3 is 20.5 Å². The van der Waals surface area contributed by atoms with Gasteiger partial charge in [-0.25, -0.2) is 0 Å². The number of anilines is 1. The molecule has 1 fully saturated rings. The molecule has 0 heterocycles. The molecule has 0 radical (unpaired) electrons. The number of hydrogen-bond acceptors (Lipinski definition) is 4. The van der Waals surface area contributed by atoms with Crippen LogP contribution in [0.4, 0.5) is 5.69 Å². The van der Waals surface area contributed by atoms with Crippen LogP contribution in [0, 0.1) is 0 Å². The molecular formula is C13H18N2O3. The summed E-state index contributed by atoms with van der Waals surface area (Å²) in [7, 11) is 1.56. The molecule has 0 unspecified atom stereocenters. The van der Waals surface area contributed by atoms with Gasteiger partial charge in [0, 0.05) is 12.1 Å². The molecule has 0 atom stereocenters. The molecule has 98 valence electrons. The molecular weight excluding hydrogens is 232 g/mol. The van der Waals surface area contributed by atoms with Crippen molar-refractivity contribution >= 4 is 11.6 Å². The van der Waals surface area contributed by atoms with Gasteiger partial charge in [-0.15, -0.1) is 0 Å². The summed E-state index contributed by atoms with van der Waals surface area (Å²) in [6.45, 7) is 0.352. The smallest absolute Gasteiger partial charge is 0.223 e. The molecule has 1 amide bonds. The highest BCUT2D eigenvalue weighted by Gasteiger charge is 2.22. The van der Waals surface area contributed by atoms with E-state index in [1.54, 1.807) is 25.3 Å². The van der Waals surface area contributed by atoms with Crippen molar-refractivity contribution in [2.45, 2.75) is 25.3 Å². The number of rotatable bonds is 6. The molecule has 1 aliphatic rings. The highest BCUT2D eigenvalue weighted by Crippen LogP contribution is 2.26. The summed E-state index contributed by atoms with van der Waals surface area (Å²) in [6, 6.07) is 5.61. The number of amides is 1. The van der Waals surface area contributed by atoms with E-state index in [4.69, 9.17) is 15.2 Å². The van der Waals surface area contributed by atoms with E-state index in [1.807, 2.05) is 0 Å². The zero-order valence-electron chi connectivity index (χ0n) is 10.4. The monoisotopic (exact) mass is 250 g/mol. The maximum Gasteiger partial charge on any atom is 0.223 e. The first-order valence-electron chi connectivity index (χ1n) is 6.04. The molecule has 3 N–H and O–H groups in total. The third kappa shape index (κ3) is 3.55. The van der Waals surface area contributed by atoms with Crippen molar-refractivity contribution in [3.63, 3.8) is 0 Å². The molecule has 18 heavy (non-hydrogen) atoms. The molecule has 1 saturated carbocycles. The highest BCUT2D eigenvalue weighted by molar-refractivity contribution is 5.76. The Bertz CT molecular complexity index is 430. The van der Waals surface area contributed by atoms with Gasteiger partial charge in [0.05, 0.1) is 25.8 Å². The van der Waals surface area contributed by atoms with Gasteiger partial charge in [0.15, 0.2) is 0 Å². The van der Waals surface area contributed by atoms with Crippen molar-refractivity contribution < 1.29 is 14.3 Å². The summed E-state index contributed by atoms with van der Waals surface area (Å²) in [6.07, 6.45) is 2.56. The Morgan fingerprint density at radius 3 is 2.89 bits per heavy atom. The zero-order chi connectivity index (χ0) is 13.0. The molecule has 0 saturated heterocycles. The second-order valence-electron chi connectivity index (χ2n) is 4.34. The second-order valence-corrected chi connectivity index (χ2v) is 4.34. The van der Waals surface area contributed by atoms with E-state index in [0.29, 0.717) is 36.3 Å². The number of carbonyl (C=O) groups excluding carboxylic acids is 1. The second kappa shape index (κ2) is 5.62. The van der Waals surface area contributed by atoms with Gasteiger partial charge in [0.2, 0.25) is 5.91 Å². The predicted octanol–water partition coefficient (Wildman–Crippen LogP) is 1.32. The summed E-state index contributed by atoms with van der Waals surface area (Å²) in [5.74, 6) is 1.31. The Balaban J connectivity index is 1.75. The van der Waals surface area contributed by atoms with Crippen molar-refractivity contribution in [2.24, 2.45) is 0 Å². The fraction of sp³-hybridized carbons (Fsp3) is 0.462. The lowest BCUT2D eigenvalue weighted by atomic mass is 10.3. The van der Waals surface area contributed by atoms with Crippen LogP contribution in [0.25, 0.3) is 0 Å². The number of carbonyl (C=O) groups is 1. The molecule has 2 rings (SSSR count). The summed E-state index contributed by atoms with van der Waals surface area (Å²) >= 11 is 0. The first-order chi connectivity index (χ1) is 8.69. The number of nitrogens with two attached hydrogens (primary N) is 1. The minimum absolute atomic E-state index is 0.0407. The van der Waals surface area contributed by atoms with Crippen molar-refractivity contribution in [1.29, 1.82) is 0 Å². The van der Waals surface area contributed by atoms with Crippen LogP contribution in [-0.2, 0) is 4.79 Å². The third-order valence-electron chi connectivity index (χ3n) is 2.74. The summed E-state index contributed by atoms with van der Waals surface area (Å²) in [5, 5.41) is 2.91. The average molecular weight is 250 g/mol. The van der Waals surface area contributed by atoms with Crippen LogP contribution in [0.15, 0.2) is 18.2 Å². The molecule has 0 aromatic heterocycles. The number of nitrogens with one attached hydrogen (secondary N) is 1. The SMILES string of the molecule is COc1ccc(OCCC(=O)NC2CC2)cc1N. The normalized spacial score (nSPS) is 14.1. The van der Waals surface area contributed by atoms with E-state index in [2.05, 4.69) is 5.32 Å². The Labute approximate surface area is 106 Å². The Kier molecular flexibility index (Phi) is 3.92. The van der Waals surface area contributed by atoms with Crippen LogP contribution in [0.5, 0.6) is 11.5 Å². The Morgan fingerprint density at radius 1 is 1.50 bits per heavy atom. The minimum atomic E-state index is 0.0407. The number of ether oxygens (including phenoxy) is 2. The number of nitrogen functional groups attached to an aromatic ring is 1. The predicted molar refractivity (Wildman–Crippen MR) is 68.7 cm³/mol. The maximum atomic E-state index is 11.4. The van der Waals surface area contributed by atoms with E-state index < -0.39 is 0 Å². The fourth-order valence-corrected chi connectivity index (χ4v) is 1.59. The largest absolute Gasteiger partial charge is 0.495 e. The Hall–Kier alpha value is -1.91. The van der Waals surface area contributed by atoms with Crippen LogP contribution in [-0.4, -0.2) is 25.7 Å². The fourth-order valence-electron chi connectivity index (χ4n) is 1.59. The van der Waals surface area contributed by atoms with Gasteiger partial charge >= 0.3 is 0 Å². The van der Waals surface area contributed by atoms with Gasteiger partial charge in [-0.2, -0.15) is 0 Å². The van der Waals surface area contributed by atoms with Crippen LogP contribution < -0.4 is 20.5 Å². The van der Waals surface area contributed by atoms with E-state index in [9.17, 15) is 4.79 Å². The molecule has 0 aliphatic heterocycles. The maximum absolute atomic E-state index is 11.4. The summed E-state index contributed by atoms with van der Waals surface area (Å²) < 4.78 is 10.5. The highest BCUT2D eigenvalue weighted by atomic mass is 16.5. The van der Waals surface area contributed by atoms with E-state index in [1.165, 1.54) is 0 Å². The lowest BCUT2D eigenvalue weighted by Gasteiger charge is -2.09. The minimum Gasteiger partial charge on any atom is -0.495 e. The lowest BCUT2D eigenvalue weighted by Crippen LogP contribution is -2.26. The quantitative estimate of drug-likeness (QED) is 0.747. The number of benzene rings is 1. The van der Waals surface area contributed by atoms with E-state index >= 15 is 0 Å². The van der Waals surface area contributed by atoms with Crippen molar-refractivity contribution in [1.82, 2.24) is 5.32 Å². The molecule has 1 aliphatic carbocycles. The molecule has 0 spiro atoms. The van der Waals surface area contributed by atoms with Crippen LogP contribution in [0.2, 0.25) is 0 Å². The topological polar surface area (TPSA) is 73.6 Å². The third-order valence-corrected chi connectivity index (χ3v) is 2.74. The first kappa shape index (κ1) is 12.5. The van der Waals surface area contributed by atoms with Crippen LogP contribution in [0.1, 0.15) is 19.3 Å². The van der Waals surface area contributed by atoms with Crippen molar-refractivity contribution in [2.75, 3.05) is 19.5 Å². The van der Waals surface area contributed by atoms with Crippen LogP contribution in [0.3, 0.4) is 0 Å². The van der Waals surface area contributed by atoms with Gasteiger partial charge in [-0.3, -0.25) is 4.79 Å². The molecule has 5 heteroatoms. The average Bonchev–Trinajstić information content (AvgIpc) is 3.13. The molecule has 1 aromatic rings. The molecule has 0 bridgehead atoms.